The second kappa shape index (κ2) is 6.61. The van der Waals surface area contributed by atoms with Gasteiger partial charge in [-0.2, -0.15) is 4.99 Å². The monoisotopic (exact) mass is 367 g/mol. The van der Waals surface area contributed by atoms with Gasteiger partial charge in [0, 0.05) is 0 Å². The van der Waals surface area contributed by atoms with Gasteiger partial charge in [0.1, 0.15) is 0 Å². The number of amides is 1. The van der Waals surface area contributed by atoms with Crippen molar-refractivity contribution < 1.29 is 4.79 Å². The molecule has 0 spiro atoms. The lowest BCUT2D eigenvalue weighted by atomic mass is 10.0. The number of hydrogen-bond donors (Lipinski definition) is 1. The van der Waals surface area contributed by atoms with Crippen LogP contribution in [0.3, 0.4) is 0 Å². The molecule has 0 bridgehead atoms. The summed E-state index contributed by atoms with van der Waals surface area (Å²) in [6.45, 7) is 4.19. The normalized spacial score (nSPS) is 18.9. The van der Waals surface area contributed by atoms with Crippen molar-refractivity contribution >= 4 is 49.5 Å². The van der Waals surface area contributed by atoms with Crippen molar-refractivity contribution in [2.45, 2.75) is 25.5 Å². The van der Waals surface area contributed by atoms with E-state index >= 15 is 0 Å². The number of benzene rings is 2. The smallest absolute Gasteiger partial charge is 0.239 e. The molecular formula is C19H17N3OS2. The van der Waals surface area contributed by atoms with E-state index in [1.54, 1.807) is 0 Å². The van der Waals surface area contributed by atoms with Gasteiger partial charge in [0.2, 0.25) is 11.0 Å². The lowest BCUT2D eigenvalue weighted by molar-refractivity contribution is -0.118. The van der Waals surface area contributed by atoms with Crippen molar-refractivity contribution in [2.24, 2.45) is 4.99 Å². The van der Waals surface area contributed by atoms with Crippen LogP contribution in [-0.4, -0.2) is 21.3 Å². The Morgan fingerprint density at radius 3 is 2.80 bits per heavy atom. The number of amidine groups is 1. The number of aryl methyl sites for hydroxylation is 2. The molecule has 1 saturated heterocycles. The van der Waals surface area contributed by atoms with E-state index in [9.17, 15) is 4.79 Å². The average Bonchev–Trinajstić information content (AvgIpc) is 3.14. The number of hydrogen-bond acceptors (Lipinski definition) is 5. The number of para-hydroxylation sites is 1. The quantitative estimate of drug-likeness (QED) is 0.748. The number of thioether (sulfide) groups is 1. The Balaban J connectivity index is 1.52. The molecule has 4 nitrogen and oxygen atoms in total. The summed E-state index contributed by atoms with van der Waals surface area (Å²) >= 11 is 3.02. The second-order valence-electron chi connectivity index (χ2n) is 6.10. The number of nitrogens with zero attached hydrogens (tertiary/aromatic N) is 2. The fraction of sp³-hybridized carbons (Fsp3) is 0.211. The molecule has 1 fully saturated rings. The molecule has 1 aromatic heterocycles. The molecule has 2 heterocycles. The number of rotatable bonds is 3. The van der Waals surface area contributed by atoms with Gasteiger partial charge in [0.05, 0.1) is 15.5 Å². The Morgan fingerprint density at radius 1 is 1.16 bits per heavy atom. The highest BCUT2D eigenvalue weighted by atomic mass is 32.2. The van der Waals surface area contributed by atoms with Crippen LogP contribution in [-0.2, 0) is 11.2 Å². The molecule has 2 aromatic carbocycles. The van der Waals surface area contributed by atoms with Crippen LogP contribution < -0.4 is 5.32 Å². The molecule has 1 unspecified atom stereocenters. The zero-order valence-electron chi connectivity index (χ0n) is 13.9. The summed E-state index contributed by atoms with van der Waals surface area (Å²) in [7, 11) is 0. The highest BCUT2D eigenvalue weighted by molar-refractivity contribution is 8.15. The summed E-state index contributed by atoms with van der Waals surface area (Å²) in [6.07, 6.45) is 0.705. The number of thiazole rings is 1. The fourth-order valence-corrected chi connectivity index (χ4v) is 4.64. The minimum absolute atomic E-state index is 0.0167. The minimum atomic E-state index is -0.143. The van der Waals surface area contributed by atoms with Crippen molar-refractivity contribution in [1.82, 2.24) is 10.3 Å². The molecule has 1 N–H and O–H groups in total. The largest absolute Gasteiger partial charge is 0.304 e. The molecule has 0 saturated carbocycles. The van der Waals surface area contributed by atoms with E-state index in [0.717, 1.165) is 10.2 Å². The lowest BCUT2D eigenvalue weighted by Gasteiger charge is -2.07. The number of carbonyl (C=O) groups excluding carboxylic acids is 1. The number of aromatic nitrogens is 1. The standard InChI is InChI=1S/C19H17N3OS2/c1-11-7-8-13(9-12(11)2)10-16-17(23)21-19(25-16)22-18-20-14-5-3-4-6-15(14)24-18/h3-9,16H,10H2,1-2H3,(H,20,21,22,23). The van der Waals surface area contributed by atoms with Crippen molar-refractivity contribution in [3.05, 3.63) is 59.2 Å². The number of fused-ring (bicyclic) bond motifs is 1. The third-order valence-electron chi connectivity index (χ3n) is 4.25. The van der Waals surface area contributed by atoms with Gasteiger partial charge >= 0.3 is 0 Å². The summed E-state index contributed by atoms with van der Waals surface area (Å²) in [5.74, 6) is 0.0167. The molecule has 3 aromatic rings. The number of carbonyl (C=O) groups is 1. The molecular weight excluding hydrogens is 350 g/mol. The molecule has 1 amide bonds. The molecule has 0 aliphatic carbocycles. The zero-order valence-corrected chi connectivity index (χ0v) is 15.6. The first kappa shape index (κ1) is 16.3. The van der Waals surface area contributed by atoms with E-state index in [1.807, 2.05) is 24.3 Å². The topological polar surface area (TPSA) is 54.4 Å². The third-order valence-corrected chi connectivity index (χ3v) is 6.26. The predicted molar refractivity (Wildman–Crippen MR) is 106 cm³/mol. The highest BCUT2D eigenvalue weighted by Gasteiger charge is 2.30. The fourth-order valence-electron chi connectivity index (χ4n) is 2.73. The van der Waals surface area contributed by atoms with Gasteiger partial charge < -0.3 is 5.32 Å². The van der Waals surface area contributed by atoms with Crippen molar-refractivity contribution in [3.8, 4) is 0 Å². The molecule has 126 valence electrons. The van der Waals surface area contributed by atoms with E-state index in [-0.39, 0.29) is 11.2 Å². The summed E-state index contributed by atoms with van der Waals surface area (Å²) in [6, 6.07) is 14.3. The van der Waals surface area contributed by atoms with E-state index in [1.165, 1.54) is 39.8 Å². The van der Waals surface area contributed by atoms with Crippen LogP contribution in [0.15, 0.2) is 47.5 Å². The Kier molecular flexibility index (Phi) is 4.31. The summed E-state index contributed by atoms with van der Waals surface area (Å²) in [4.78, 5) is 21.3. The van der Waals surface area contributed by atoms with E-state index < -0.39 is 0 Å². The van der Waals surface area contributed by atoms with Crippen LogP contribution in [0, 0.1) is 13.8 Å². The highest BCUT2D eigenvalue weighted by Crippen LogP contribution is 2.31. The van der Waals surface area contributed by atoms with Gasteiger partial charge in [0.25, 0.3) is 0 Å². The Morgan fingerprint density at radius 2 is 2.00 bits per heavy atom. The van der Waals surface area contributed by atoms with Gasteiger partial charge in [0.15, 0.2) is 5.17 Å². The summed E-state index contributed by atoms with van der Waals surface area (Å²) < 4.78 is 1.10. The van der Waals surface area contributed by atoms with Crippen LogP contribution in [0.25, 0.3) is 10.2 Å². The van der Waals surface area contributed by atoms with Gasteiger partial charge in [-0.25, -0.2) is 4.98 Å². The Bertz CT molecular complexity index is 960. The molecule has 1 aliphatic rings. The van der Waals surface area contributed by atoms with Crippen LogP contribution in [0.2, 0.25) is 0 Å². The van der Waals surface area contributed by atoms with E-state index in [2.05, 4.69) is 47.3 Å². The predicted octanol–water partition coefficient (Wildman–Crippen LogP) is 4.37. The first-order valence-corrected chi connectivity index (χ1v) is 9.76. The number of nitrogens with one attached hydrogen (secondary N) is 1. The maximum absolute atomic E-state index is 12.3. The van der Waals surface area contributed by atoms with E-state index in [0.29, 0.717) is 16.7 Å². The van der Waals surface area contributed by atoms with Crippen molar-refractivity contribution in [2.75, 3.05) is 0 Å². The SMILES string of the molecule is Cc1ccc(CC2S/C(=N\c3nc4ccccc4s3)NC2=O)cc1C. The molecule has 0 radical (unpaired) electrons. The summed E-state index contributed by atoms with van der Waals surface area (Å²) in [5, 5.41) is 4.05. The summed E-state index contributed by atoms with van der Waals surface area (Å²) in [5.41, 5.74) is 4.64. The van der Waals surface area contributed by atoms with Gasteiger partial charge in [-0.05, 0) is 49.1 Å². The van der Waals surface area contributed by atoms with Crippen LogP contribution >= 0.6 is 23.1 Å². The van der Waals surface area contributed by atoms with Gasteiger partial charge in [-0.1, -0.05) is 53.4 Å². The first-order chi connectivity index (χ1) is 12.1. The lowest BCUT2D eigenvalue weighted by Crippen LogP contribution is -2.26. The van der Waals surface area contributed by atoms with Crippen LogP contribution in [0.5, 0.6) is 0 Å². The van der Waals surface area contributed by atoms with Crippen LogP contribution in [0.4, 0.5) is 5.13 Å². The minimum Gasteiger partial charge on any atom is -0.304 e. The molecule has 4 rings (SSSR count). The molecule has 1 aliphatic heterocycles. The maximum atomic E-state index is 12.3. The van der Waals surface area contributed by atoms with Gasteiger partial charge in [-0.3, -0.25) is 4.79 Å². The van der Waals surface area contributed by atoms with Crippen molar-refractivity contribution in [1.29, 1.82) is 0 Å². The first-order valence-electron chi connectivity index (χ1n) is 8.06. The molecule has 6 heteroatoms. The number of aliphatic imine (C=N–C) groups is 1. The van der Waals surface area contributed by atoms with E-state index in [4.69, 9.17) is 0 Å². The Labute approximate surface area is 154 Å². The second-order valence-corrected chi connectivity index (χ2v) is 8.30. The van der Waals surface area contributed by atoms with Gasteiger partial charge in [-0.15, -0.1) is 0 Å². The third kappa shape index (κ3) is 3.45. The molecule has 1 atom stereocenters. The maximum Gasteiger partial charge on any atom is 0.239 e. The zero-order chi connectivity index (χ0) is 17.4. The van der Waals surface area contributed by atoms with Crippen LogP contribution in [0.1, 0.15) is 16.7 Å². The molecule has 25 heavy (non-hydrogen) atoms. The Hall–Kier alpha value is -2.18. The average molecular weight is 367 g/mol. The van der Waals surface area contributed by atoms with Crippen molar-refractivity contribution in [3.63, 3.8) is 0 Å².